The second kappa shape index (κ2) is 5.02. The standard InChI is InChI=1S/C14H21NO2S/c1-4-18(16,17)13-9-10(2)11-7-5-6-8-12(11)14(13)15-3/h5-8,10,13-15H,4,9H2,1-3H3. The summed E-state index contributed by atoms with van der Waals surface area (Å²) >= 11 is 0. The lowest BCUT2D eigenvalue weighted by Gasteiger charge is -2.36. The van der Waals surface area contributed by atoms with E-state index in [-0.39, 0.29) is 17.0 Å². The van der Waals surface area contributed by atoms with Crippen molar-refractivity contribution in [2.45, 2.75) is 37.5 Å². The number of benzene rings is 1. The van der Waals surface area contributed by atoms with Gasteiger partial charge in [-0.15, -0.1) is 0 Å². The van der Waals surface area contributed by atoms with Crippen molar-refractivity contribution in [1.29, 1.82) is 0 Å². The van der Waals surface area contributed by atoms with Crippen molar-refractivity contribution >= 4 is 9.84 Å². The van der Waals surface area contributed by atoms with Crippen LogP contribution in [0.15, 0.2) is 24.3 Å². The molecule has 0 fully saturated rings. The van der Waals surface area contributed by atoms with Gasteiger partial charge in [0.25, 0.3) is 0 Å². The largest absolute Gasteiger partial charge is 0.312 e. The van der Waals surface area contributed by atoms with Crippen molar-refractivity contribution in [3.8, 4) is 0 Å². The van der Waals surface area contributed by atoms with E-state index in [0.29, 0.717) is 12.3 Å². The van der Waals surface area contributed by atoms with Crippen LogP contribution in [-0.2, 0) is 9.84 Å². The van der Waals surface area contributed by atoms with Gasteiger partial charge in [-0.25, -0.2) is 8.42 Å². The Kier molecular flexibility index (Phi) is 3.78. The SMILES string of the molecule is CCS(=O)(=O)C1CC(C)c2ccccc2C1NC. The molecular formula is C14H21NO2S. The van der Waals surface area contributed by atoms with Crippen LogP contribution in [0, 0.1) is 0 Å². The Bertz CT molecular complexity index is 524. The zero-order valence-electron chi connectivity index (χ0n) is 11.2. The van der Waals surface area contributed by atoms with Crippen molar-refractivity contribution < 1.29 is 8.42 Å². The summed E-state index contributed by atoms with van der Waals surface area (Å²) in [6.45, 7) is 3.84. The fraction of sp³-hybridized carbons (Fsp3) is 0.571. The fourth-order valence-corrected chi connectivity index (χ4v) is 4.67. The highest BCUT2D eigenvalue weighted by Gasteiger charge is 2.38. The summed E-state index contributed by atoms with van der Waals surface area (Å²) in [6, 6.07) is 8.08. The number of hydrogen-bond acceptors (Lipinski definition) is 3. The molecule has 1 aliphatic carbocycles. The minimum Gasteiger partial charge on any atom is -0.312 e. The van der Waals surface area contributed by atoms with Gasteiger partial charge in [-0.05, 0) is 30.5 Å². The molecule has 1 aromatic carbocycles. The zero-order valence-corrected chi connectivity index (χ0v) is 12.0. The molecule has 1 aromatic rings. The molecule has 4 heteroatoms. The van der Waals surface area contributed by atoms with Gasteiger partial charge < -0.3 is 5.32 Å². The Labute approximate surface area is 110 Å². The third-order valence-electron chi connectivity index (χ3n) is 3.99. The topological polar surface area (TPSA) is 46.2 Å². The molecule has 0 saturated heterocycles. The quantitative estimate of drug-likeness (QED) is 0.913. The van der Waals surface area contributed by atoms with E-state index in [1.54, 1.807) is 6.92 Å². The van der Waals surface area contributed by atoms with Gasteiger partial charge in [0.05, 0.1) is 5.25 Å². The first-order chi connectivity index (χ1) is 8.51. The predicted molar refractivity (Wildman–Crippen MR) is 74.5 cm³/mol. The molecule has 0 bridgehead atoms. The monoisotopic (exact) mass is 267 g/mol. The highest BCUT2D eigenvalue weighted by atomic mass is 32.2. The molecule has 0 saturated carbocycles. The number of rotatable bonds is 3. The van der Waals surface area contributed by atoms with Crippen molar-refractivity contribution in [2.75, 3.05) is 12.8 Å². The summed E-state index contributed by atoms with van der Waals surface area (Å²) < 4.78 is 24.5. The summed E-state index contributed by atoms with van der Waals surface area (Å²) in [4.78, 5) is 0. The lowest BCUT2D eigenvalue weighted by atomic mass is 9.81. The van der Waals surface area contributed by atoms with Crippen molar-refractivity contribution in [1.82, 2.24) is 5.32 Å². The van der Waals surface area contributed by atoms with Crippen LogP contribution >= 0.6 is 0 Å². The van der Waals surface area contributed by atoms with Crippen molar-refractivity contribution in [2.24, 2.45) is 0 Å². The molecule has 3 unspecified atom stereocenters. The van der Waals surface area contributed by atoms with Gasteiger partial charge in [-0.1, -0.05) is 38.1 Å². The van der Waals surface area contributed by atoms with E-state index in [1.807, 2.05) is 25.2 Å². The van der Waals surface area contributed by atoms with Gasteiger partial charge in [-0.2, -0.15) is 0 Å². The van der Waals surface area contributed by atoms with Crippen molar-refractivity contribution in [3.05, 3.63) is 35.4 Å². The molecule has 2 rings (SSSR count). The molecule has 0 amide bonds. The van der Waals surface area contributed by atoms with Gasteiger partial charge in [0.1, 0.15) is 0 Å². The molecule has 1 N–H and O–H groups in total. The van der Waals surface area contributed by atoms with Gasteiger partial charge in [0.2, 0.25) is 0 Å². The van der Waals surface area contributed by atoms with E-state index in [1.165, 1.54) is 5.56 Å². The molecule has 3 atom stereocenters. The minimum atomic E-state index is -3.02. The maximum absolute atomic E-state index is 12.2. The Morgan fingerprint density at radius 3 is 2.44 bits per heavy atom. The Hall–Kier alpha value is -0.870. The summed E-state index contributed by atoms with van der Waals surface area (Å²) in [5, 5.41) is 2.88. The molecule has 3 nitrogen and oxygen atoms in total. The van der Waals surface area contributed by atoms with E-state index < -0.39 is 9.84 Å². The van der Waals surface area contributed by atoms with Crippen LogP contribution in [-0.4, -0.2) is 26.5 Å². The fourth-order valence-electron chi connectivity index (χ4n) is 2.96. The van der Waals surface area contributed by atoms with Crippen LogP contribution in [0.2, 0.25) is 0 Å². The molecule has 0 aliphatic heterocycles. The number of sulfone groups is 1. The lowest BCUT2D eigenvalue weighted by molar-refractivity contribution is 0.447. The average molecular weight is 267 g/mol. The Balaban J connectivity index is 2.50. The van der Waals surface area contributed by atoms with E-state index >= 15 is 0 Å². The molecule has 0 spiro atoms. The average Bonchev–Trinajstić information content (AvgIpc) is 2.38. The van der Waals surface area contributed by atoms with Crippen molar-refractivity contribution in [3.63, 3.8) is 0 Å². The number of hydrogen-bond donors (Lipinski definition) is 1. The molecule has 1 aliphatic rings. The molecular weight excluding hydrogens is 246 g/mol. The first kappa shape index (κ1) is 13.6. The minimum absolute atomic E-state index is 0.0812. The highest BCUT2D eigenvalue weighted by Crippen LogP contribution is 2.40. The first-order valence-electron chi connectivity index (χ1n) is 6.49. The molecule has 0 radical (unpaired) electrons. The second-order valence-corrected chi connectivity index (χ2v) is 7.53. The smallest absolute Gasteiger partial charge is 0.154 e. The van der Waals surface area contributed by atoms with Gasteiger partial charge >= 0.3 is 0 Å². The molecule has 0 aromatic heterocycles. The maximum Gasteiger partial charge on any atom is 0.154 e. The second-order valence-electron chi connectivity index (χ2n) is 5.02. The lowest BCUT2D eigenvalue weighted by Crippen LogP contribution is -2.41. The Morgan fingerprint density at radius 1 is 1.28 bits per heavy atom. The van der Waals surface area contributed by atoms with Crippen LogP contribution in [0.25, 0.3) is 0 Å². The van der Waals surface area contributed by atoms with Crippen LogP contribution in [0.4, 0.5) is 0 Å². The van der Waals surface area contributed by atoms with Gasteiger partial charge in [0, 0.05) is 11.8 Å². The van der Waals surface area contributed by atoms with Gasteiger partial charge in [0.15, 0.2) is 9.84 Å². The van der Waals surface area contributed by atoms with E-state index in [2.05, 4.69) is 18.3 Å². The summed E-state index contributed by atoms with van der Waals surface area (Å²) in [7, 11) is -1.18. The molecule has 0 heterocycles. The van der Waals surface area contributed by atoms with E-state index in [0.717, 1.165) is 5.56 Å². The van der Waals surface area contributed by atoms with E-state index in [4.69, 9.17) is 0 Å². The summed E-state index contributed by atoms with van der Waals surface area (Å²) in [5.41, 5.74) is 2.42. The molecule has 18 heavy (non-hydrogen) atoms. The number of nitrogens with one attached hydrogen (secondary N) is 1. The number of fused-ring (bicyclic) bond motifs is 1. The Morgan fingerprint density at radius 2 is 1.89 bits per heavy atom. The summed E-state index contributed by atoms with van der Waals surface area (Å²) in [5.74, 6) is 0.516. The molecule has 100 valence electrons. The van der Waals surface area contributed by atoms with Crippen LogP contribution < -0.4 is 5.32 Å². The van der Waals surface area contributed by atoms with Gasteiger partial charge in [-0.3, -0.25) is 0 Å². The normalized spacial score (nSPS) is 27.8. The van der Waals surface area contributed by atoms with Crippen LogP contribution in [0.5, 0.6) is 0 Å². The predicted octanol–water partition coefficient (Wildman–Crippen LogP) is 2.26. The van der Waals surface area contributed by atoms with Crippen LogP contribution in [0.3, 0.4) is 0 Å². The third kappa shape index (κ3) is 2.19. The maximum atomic E-state index is 12.2. The highest BCUT2D eigenvalue weighted by molar-refractivity contribution is 7.92. The third-order valence-corrected chi connectivity index (χ3v) is 6.19. The van der Waals surface area contributed by atoms with Crippen LogP contribution in [0.1, 0.15) is 43.4 Å². The zero-order chi connectivity index (χ0) is 13.3. The summed E-state index contributed by atoms with van der Waals surface area (Å²) in [6.07, 6.45) is 0.707. The first-order valence-corrected chi connectivity index (χ1v) is 8.20. The van der Waals surface area contributed by atoms with E-state index in [9.17, 15) is 8.42 Å².